The van der Waals surface area contributed by atoms with Crippen LogP contribution in [0.15, 0.2) is 58.5 Å². The van der Waals surface area contributed by atoms with Gasteiger partial charge in [-0.05, 0) is 36.4 Å². The van der Waals surface area contributed by atoms with Crippen molar-refractivity contribution in [2.24, 2.45) is 21.5 Å². The number of hydrogen-bond donors (Lipinski definition) is 2. The second-order valence-electron chi connectivity index (χ2n) is 5.10. The average Bonchev–Trinajstić information content (AvgIpc) is 2.53. The largest absolute Gasteiger partial charge is 0.378 e. The van der Waals surface area contributed by atoms with E-state index in [1.165, 1.54) is 23.5 Å². The van der Waals surface area contributed by atoms with Gasteiger partial charge in [0.1, 0.15) is 0 Å². The molecule has 0 saturated carbocycles. The van der Waals surface area contributed by atoms with Crippen molar-refractivity contribution in [1.29, 1.82) is 0 Å². The van der Waals surface area contributed by atoms with Crippen LogP contribution < -0.4 is 11.5 Å². The number of nitrogens with two attached hydrogens (primary N) is 2. The van der Waals surface area contributed by atoms with Crippen molar-refractivity contribution in [2.75, 3.05) is 5.75 Å². The standard InChI is InChI=1S/C17H18Cl2N4S2.2BrH/c1-11(25-17(21)23-15-7-3-5-13(19)9-15)10-24-16(20)22-14-6-2-4-12(18)8-14;;/h2-9,11H,10H2,1H3,(H2,20,22)(H2,21,23);2*1H. The first-order valence-corrected chi connectivity index (χ1v) is 10.0. The predicted molar refractivity (Wildman–Crippen MR) is 136 cm³/mol. The molecule has 2 aromatic carbocycles. The fourth-order valence-electron chi connectivity index (χ4n) is 1.85. The second-order valence-corrected chi connectivity index (χ2v) is 8.47. The predicted octanol–water partition coefficient (Wildman–Crippen LogP) is 6.60. The smallest absolute Gasteiger partial charge is 0.159 e. The van der Waals surface area contributed by atoms with E-state index >= 15 is 0 Å². The molecule has 1 unspecified atom stereocenters. The Balaban J connectivity index is 0.00000338. The minimum absolute atomic E-state index is 0. The van der Waals surface area contributed by atoms with Crippen LogP contribution in [0.1, 0.15) is 6.92 Å². The number of rotatable bonds is 5. The van der Waals surface area contributed by atoms with Crippen LogP contribution in [-0.4, -0.2) is 21.3 Å². The molecule has 0 saturated heterocycles. The Morgan fingerprint density at radius 3 is 1.89 bits per heavy atom. The molecule has 27 heavy (non-hydrogen) atoms. The molecule has 4 N–H and O–H groups in total. The number of halogens is 4. The number of amidine groups is 2. The zero-order valence-electron chi connectivity index (χ0n) is 14.3. The van der Waals surface area contributed by atoms with Gasteiger partial charge in [0.2, 0.25) is 0 Å². The molecule has 148 valence electrons. The number of nitrogens with zero attached hydrogens (tertiary/aromatic N) is 2. The molecule has 0 radical (unpaired) electrons. The molecule has 1 atom stereocenters. The van der Waals surface area contributed by atoms with Crippen LogP contribution in [0.3, 0.4) is 0 Å². The molecule has 0 aliphatic carbocycles. The Labute approximate surface area is 199 Å². The van der Waals surface area contributed by atoms with Gasteiger partial charge in [-0.25, -0.2) is 9.98 Å². The molecule has 4 nitrogen and oxygen atoms in total. The highest BCUT2D eigenvalue weighted by Gasteiger charge is 2.08. The third kappa shape index (κ3) is 10.7. The van der Waals surface area contributed by atoms with E-state index in [2.05, 4.69) is 16.9 Å². The van der Waals surface area contributed by atoms with Crippen LogP contribution in [0.4, 0.5) is 11.4 Å². The molecular weight excluding hydrogens is 555 g/mol. The summed E-state index contributed by atoms with van der Waals surface area (Å²) >= 11 is 14.8. The number of hydrogen-bond acceptors (Lipinski definition) is 4. The van der Waals surface area contributed by atoms with E-state index in [4.69, 9.17) is 34.7 Å². The fraction of sp³-hybridized carbons (Fsp3) is 0.176. The molecule has 0 fully saturated rings. The zero-order chi connectivity index (χ0) is 18.2. The highest BCUT2D eigenvalue weighted by Crippen LogP contribution is 2.23. The number of aliphatic imine (C=N–C) groups is 2. The van der Waals surface area contributed by atoms with E-state index in [9.17, 15) is 0 Å². The Kier molecular flexibility index (Phi) is 13.5. The van der Waals surface area contributed by atoms with Crippen molar-refractivity contribution in [3.8, 4) is 0 Å². The summed E-state index contributed by atoms with van der Waals surface area (Å²) in [6.07, 6.45) is 0. The molecule has 0 aliphatic heterocycles. The third-order valence-corrected chi connectivity index (χ3v) is 5.52. The molecule has 0 aliphatic rings. The van der Waals surface area contributed by atoms with Crippen molar-refractivity contribution < 1.29 is 0 Å². The van der Waals surface area contributed by atoms with E-state index in [1.54, 1.807) is 24.3 Å². The van der Waals surface area contributed by atoms with E-state index < -0.39 is 0 Å². The van der Waals surface area contributed by atoms with Gasteiger partial charge in [-0.3, -0.25) is 0 Å². The topological polar surface area (TPSA) is 76.8 Å². The van der Waals surface area contributed by atoms with E-state index in [0.29, 0.717) is 20.4 Å². The lowest BCUT2D eigenvalue weighted by Crippen LogP contribution is -2.15. The lowest BCUT2D eigenvalue weighted by molar-refractivity contribution is 1.14. The second kappa shape index (κ2) is 13.7. The van der Waals surface area contributed by atoms with E-state index in [-0.39, 0.29) is 39.2 Å². The first kappa shape index (κ1) is 26.6. The van der Waals surface area contributed by atoms with Gasteiger partial charge in [-0.2, -0.15) is 0 Å². The molecule has 0 aromatic heterocycles. The van der Waals surface area contributed by atoms with Crippen LogP contribution in [0, 0.1) is 0 Å². The minimum atomic E-state index is 0. The molecule has 0 amide bonds. The number of benzene rings is 2. The molecule has 0 bridgehead atoms. The monoisotopic (exact) mass is 572 g/mol. The first-order valence-electron chi connectivity index (χ1n) is 7.41. The van der Waals surface area contributed by atoms with Crippen molar-refractivity contribution in [3.63, 3.8) is 0 Å². The maximum absolute atomic E-state index is 5.99. The minimum Gasteiger partial charge on any atom is -0.378 e. The lowest BCUT2D eigenvalue weighted by atomic mass is 10.3. The summed E-state index contributed by atoms with van der Waals surface area (Å²) in [6.45, 7) is 2.06. The van der Waals surface area contributed by atoms with Gasteiger partial charge < -0.3 is 11.5 Å². The van der Waals surface area contributed by atoms with Crippen LogP contribution >= 0.6 is 80.7 Å². The van der Waals surface area contributed by atoms with Gasteiger partial charge in [0.25, 0.3) is 0 Å². The Morgan fingerprint density at radius 2 is 1.41 bits per heavy atom. The summed E-state index contributed by atoms with van der Waals surface area (Å²) in [7, 11) is 0. The highest BCUT2D eigenvalue weighted by atomic mass is 79.9. The zero-order valence-corrected chi connectivity index (χ0v) is 20.9. The van der Waals surface area contributed by atoms with Crippen LogP contribution in [0.25, 0.3) is 0 Å². The van der Waals surface area contributed by atoms with Gasteiger partial charge >= 0.3 is 0 Å². The first-order chi connectivity index (χ1) is 11.9. The summed E-state index contributed by atoms with van der Waals surface area (Å²) in [5.74, 6) is 0.756. The summed E-state index contributed by atoms with van der Waals surface area (Å²) in [5, 5.41) is 2.46. The van der Waals surface area contributed by atoms with Gasteiger partial charge in [-0.1, -0.05) is 65.8 Å². The van der Waals surface area contributed by atoms with Crippen LogP contribution in [0.2, 0.25) is 10.0 Å². The average molecular weight is 575 g/mol. The molecule has 10 heteroatoms. The Hall–Kier alpha value is -0.380. The van der Waals surface area contributed by atoms with Crippen LogP contribution in [0.5, 0.6) is 0 Å². The lowest BCUT2D eigenvalue weighted by Gasteiger charge is -2.10. The number of thioether (sulfide) groups is 2. The molecule has 2 aromatic rings. The van der Waals surface area contributed by atoms with Crippen molar-refractivity contribution in [1.82, 2.24) is 0 Å². The van der Waals surface area contributed by atoms with E-state index in [1.807, 2.05) is 24.3 Å². The third-order valence-electron chi connectivity index (χ3n) is 2.88. The van der Waals surface area contributed by atoms with Gasteiger partial charge in [0.05, 0.1) is 11.4 Å². The SMILES string of the molecule is Br.Br.CC(CSC(N)=Nc1cccc(Cl)c1)SC(N)=Nc1cccc(Cl)c1. The summed E-state index contributed by atoms with van der Waals surface area (Å²) in [4.78, 5) is 8.69. The highest BCUT2D eigenvalue weighted by molar-refractivity contribution is 8.93. The maximum Gasteiger partial charge on any atom is 0.159 e. The van der Waals surface area contributed by atoms with Gasteiger partial charge in [-0.15, -0.1) is 34.0 Å². The fourth-order valence-corrected chi connectivity index (χ4v) is 3.84. The Morgan fingerprint density at radius 1 is 0.926 bits per heavy atom. The summed E-state index contributed by atoms with van der Waals surface area (Å²) in [6, 6.07) is 14.5. The van der Waals surface area contributed by atoms with Crippen molar-refractivity contribution in [3.05, 3.63) is 58.6 Å². The van der Waals surface area contributed by atoms with Gasteiger partial charge in [0.15, 0.2) is 10.3 Å². The molecular formula is C17H20Br2Cl2N4S2. The normalized spacial score (nSPS) is 12.7. The molecule has 2 rings (SSSR count). The maximum atomic E-state index is 5.99. The molecule has 0 spiro atoms. The quantitative estimate of drug-likeness (QED) is 0.312. The van der Waals surface area contributed by atoms with Crippen LogP contribution in [-0.2, 0) is 0 Å². The summed E-state index contributed by atoms with van der Waals surface area (Å²) in [5.41, 5.74) is 13.4. The van der Waals surface area contributed by atoms with Gasteiger partial charge in [0, 0.05) is 21.0 Å². The summed E-state index contributed by atoms with van der Waals surface area (Å²) < 4.78 is 0. The molecule has 0 heterocycles. The van der Waals surface area contributed by atoms with Crippen molar-refractivity contribution >= 4 is 102 Å². The van der Waals surface area contributed by atoms with Crippen molar-refractivity contribution in [2.45, 2.75) is 12.2 Å². The Bertz CT molecular complexity index is 791. The van der Waals surface area contributed by atoms with E-state index in [0.717, 1.165) is 17.1 Å².